The molecule has 0 bridgehead atoms. The second-order valence-corrected chi connectivity index (χ2v) is 5.92. The van der Waals surface area contributed by atoms with Gasteiger partial charge in [0.2, 0.25) is 5.91 Å². The number of benzene rings is 2. The number of halogens is 4. The zero-order valence-electron chi connectivity index (χ0n) is 13.8. The van der Waals surface area contributed by atoms with Gasteiger partial charge in [-0.05, 0) is 48.4 Å². The molecular weight excluding hydrogens is 386 g/mol. The highest BCUT2D eigenvalue weighted by Crippen LogP contribution is 2.31. The number of hydrogen-bond donors (Lipinski definition) is 3. The number of anilines is 1. The molecule has 0 radical (unpaired) electrons. The Hall–Kier alpha value is -2.75. The fourth-order valence-corrected chi connectivity index (χ4v) is 2.42. The molecule has 2 aromatic carbocycles. The van der Waals surface area contributed by atoms with Gasteiger partial charge in [-0.2, -0.15) is 13.2 Å². The molecule has 0 aromatic heterocycles. The third-order valence-corrected chi connectivity index (χ3v) is 4.03. The van der Waals surface area contributed by atoms with E-state index in [-0.39, 0.29) is 24.1 Å². The lowest BCUT2D eigenvalue weighted by Crippen LogP contribution is -2.35. The second-order valence-electron chi connectivity index (χ2n) is 5.52. The van der Waals surface area contributed by atoms with Gasteiger partial charge in [-0.3, -0.25) is 4.79 Å². The summed E-state index contributed by atoms with van der Waals surface area (Å²) in [6.07, 6.45) is -4.72. The number of carbonyl (C=O) groups is 2. The van der Waals surface area contributed by atoms with Crippen molar-refractivity contribution in [2.75, 3.05) is 10.8 Å². The highest BCUT2D eigenvalue weighted by Gasteiger charge is 2.34. The van der Waals surface area contributed by atoms with Gasteiger partial charge >= 0.3 is 12.2 Å². The normalized spacial score (nSPS) is 11.1. The number of nitrogens with one attached hydrogen (secondary N) is 1. The van der Waals surface area contributed by atoms with E-state index in [1.54, 1.807) is 0 Å². The molecule has 0 unspecified atom stereocenters. The Morgan fingerprint density at radius 3 is 2.30 bits per heavy atom. The van der Waals surface area contributed by atoms with E-state index in [2.05, 4.69) is 18.1 Å². The van der Waals surface area contributed by atoms with E-state index in [9.17, 15) is 27.2 Å². The van der Waals surface area contributed by atoms with Crippen LogP contribution >= 0.6 is 12.8 Å². The van der Waals surface area contributed by atoms with Crippen molar-refractivity contribution < 1.29 is 27.2 Å². The fourth-order valence-electron chi connectivity index (χ4n) is 2.22. The van der Waals surface area contributed by atoms with Crippen LogP contribution in [0, 0.1) is 5.82 Å². The monoisotopic (exact) mass is 401 g/mol. The predicted octanol–water partition coefficient (Wildman–Crippen LogP) is 3.55. The van der Waals surface area contributed by atoms with Gasteiger partial charge in [0.25, 0.3) is 0 Å². The number of rotatable bonds is 5. The Kier molecular flexibility index (Phi) is 6.32. The minimum absolute atomic E-state index is 0.0121. The molecule has 2 rings (SSSR count). The van der Waals surface area contributed by atoms with Crippen LogP contribution in [-0.4, -0.2) is 18.5 Å². The molecule has 27 heavy (non-hydrogen) atoms. The summed E-state index contributed by atoms with van der Waals surface area (Å²) >= 11 is 4.04. The number of hydrogen-bond acceptors (Lipinski definition) is 3. The summed E-state index contributed by atoms with van der Waals surface area (Å²) in [7, 11) is 0. The summed E-state index contributed by atoms with van der Waals surface area (Å²) in [5, 5.41) is 2.48. The molecule has 10 heteroatoms. The molecule has 0 saturated heterocycles. The quantitative estimate of drug-likeness (QED) is 0.530. The largest absolute Gasteiger partial charge is 0.419 e. The molecule has 0 saturated carbocycles. The van der Waals surface area contributed by atoms with Crippen LogP contribution in [0.4, 0.5) is 28.0 Å². The highest BCUT2D eigenvalue weighted by molar-refractivity contribution is 7.82. The molecule has 0 atom stereocenters. The standard InChI is InChI=1S/C17H15F4N3O2S/c18-14-6-1-10(9-13(14)17(19,20)21)7-8-23-16(26)24(27)12-4-2-11(3-5-12)15(22)25/h1-6,9,27H,7-8H2,(H2,22,25)(H,23,26). The molecule has 0 fully saturated rings. The van der Waals surface area contributed by atoms with Crippen molar-refractivity contribution in [3.63, 3.8) is 0 Å². The number of urea groups is 1. The molecule has 0 aliphatic heterocycles. The molecule has 144 valence electrons. The molecule has 2 aromatic rings. The van der Waals surface area contributed by atoms with Crippen LogP contribution in [0.15, 0.2) is 42.5 Å². The summed E-state index contributed by atoms with van der Waals surface area (Å²) in [6.45, 7) is 0.0121. The Balaban J connectivity index is 1.95. The van der Waals surface area contributed by atoms with Crippen molar-refractivity contribution in [2.45, 2.75) is 12.6 Å². The Bertz CT molecular complexity index is 841. The first kappa shape index (κ1) is 20.6. The zero-order chi connectivity index (χ0) is 20.2. The van der Waals surface area contributed by atoms with Gasteiger partial charge < -0.3 is 11.1 Å². The Morgan fingerprint density at radius 1 is 1.11 bits per heavy atom. The minimum Gasteiger partial charge on any atom is -0.366 e. The number of carbonyl (C=O) groups excluding carboxylic acids is 2. The first-order valence-corrected chi connectivity index (χ1v) is 8.02. The van der Waals surface area contributed by atoms with Gasteiger partial charge in [0, 0.05) is 12.1 Å². The molecular formula is C17H15F4N3O2S. The van der Waals surface area contributed by atoms with Crippen LogP contribution in [0.25, 0.3) is 0 Å². The SMILES string of the molecule is NC(=O)c1ccc(N(S)C(=O)NCCc2ccc(F)c(C(F)(F)F)c2)cc1. The maximum atomic E-state index is 13.3. The van der Waals surface area contributed by atoms with Gasteiger partial charge in [0.15, 0.2) is 0 Å². The van der Waals surface area contributed by atoms with Crippen LogP contribution in [0.5, 0.6) is 0 Å². The summed E-state index contributed by atoms with van der Waals surface area (Å²) in [4.78, 5) is 23.1. The summed E-state index contributed by atoms with van der Waals surface area (Å²) in [6, 6.07) is 7.82. The molecule has 3 amide bonds. The molecule has 0 spiro atoms. The number of alkyl halides is 3. The topological polar surface area (TPSA) is 75.4 Å². The van der Waals surface area contributed by atoms with Crippen LogP contribution in [0.3, 0.4) is 0 Å². The second kappa shape index (κ2) is 8.30. The van der Waals surface area contributed by atoms with Crippen molar-refractivity contribution in [2.24, 2.45) is 5.73 Å². The average Bonchev–Trinajstić information content (AvgIpc) is 2.61. The third kappa shape index (κ3) is 5.36. The van der Waals surface area contributed by atoms with Crippen LogP contribution in [0.2, 0.25) is 0 Å². The number of thiol groups is 1. The summed E-state index contributed by atoms with van der Waals surface area (Å²) in [5.41, 5.74) is 4.62. The van der Waals surface area contributed by atoms with Crippen LogP contribution < -0.4 is 15.4 Å². The summed E-state index contributed by atoms with van der Waals surface area (Å²) in [5.74, 6) is -1.97. The van der Waals surface area contributed by atoms with E-state index < -0.39 is 29.5 Å². The Labute approximate surface area is 157 Å². The smallest absolute Gasteiger partial charge is 0.366 e. The van der Waals surface area contributed by atoms with Crippen molar-refractivity contribution in [1.29, 1.82) is 0 Å². The van der Waals surface area contributed by atoms with E-state index in [1.807, 2.05) is 0 Å². The zero-order valence-corrected chi connectivity index (χ0v) is 14.7. The number of nitrogens with zero attached hydrogens (tertiary/aromatic N) is 1. The molecule has 0 heterocycles. The Morgan fingerprint density at radius 2 is 1.74 bits per heavy atom. The molecule has 0 aliphatic carbocycles. The lowest BCUT2D eigenvalue weighted by atomic mass is 10.1. The van der Waals surface area contributed by atoms with Gasteiger partial charge in [0.1, 0.15) is 5.82 Å². The lowest BCUT2D eigenvalue weighted by molar-refractivity contribution is -0.140. The highest BCUT2D eigenvalue weighted by atomic mass is 32.1. The van der Waals surface area contributed by atoms with Gasteiger partial charge in [-0.15, -0.1) is 0 Å². The maximum absolute atomic E-state index is 13.3. The van der Waals surface area contributed by atoms with Gasteiger partial charge in [-0.1, -0.05) is 18.9 Å². The van der Waals surface area contributed by atoms with Crippen molar-refractivity contribution >= 4 is 30.4 Å². The van der Waals surface area contributed by atoms with E-state index >= 15 is 0 Å². The van der Waals surface area contributed by atoms with Crippen molar-refractivity contribution in [1.82, 2.24) is 5.32 Å². The molecule has 0 aliphatic rings. The predicted molar refractivity (Wildman–Crippen MR) is 94.9 cm³/mol. The number of nitrogens with two attached hydrogens (primary N) is 1. The molecule has 5 nitrogen and oxygen atoms in total. The lowest BCUT2D eigenvalue weighted by Gasteiger charge is -2.17. The first-order valence-electron chi connectivity index (χ1n) is 7.62. The number of amides is 3. The van der Waals surface area contributed by atoms with Crippen LogP contribution in [-0.2, 0) is 12.6 Å². The average molecular weight is 401 g/mol. The van der Waals surface area contributed by atoms with Crippen LogP contribution in [0.1, 0.15) is 21.5 Å². The minimum atomic E-state index is -4.79. The van der Waals surface area contributed by atoms with E-state index in [1.165, 1.54) is 30.3 Å². The number of primary amides is 1. The maximum Gasteiger partial charge on any atom is 0.419 e. The summed E-state index contributed by atoms with van der Waals surface area (Å²) < 4.78 is 52.3. The van der Waals surface area contributed by atoms with Gasteiger partial charge in [-0.25, -0.2) is 13.5 Å². The van der Waals surface area contributed by atoms with Gasteiger partial charge in [0.05, 0.1) is 11.3 Å². The fraction of sp³-hybridized carbons (Fsp3) is 0.176. The molecule has 3 N–H and O–H groups in total. The van der Waals surface area contributed by atoms with Crippen molar-refractivity contribution in [3.8, 4) is 0 Å². The first-order chi connectivity index (χ1) is 12.6. The van der Waals surface area contributed by atoms with E-state index in [4.69, 9.17) is 5.73 Å². The third-order valence-electron chi connectivity index (χ3n) is 3.61. The van der Waals surface area contributed by atoms with E-state index in [0.717, 1.165) is 10.4 Å². The van der Waals surface area contributed by atoms with Crippen molar-refractivity contribution in [3.05, 3.63) is 65.0 Å². The van der Waals surface area contributed by atoms with E-state index in [0.29, 0.717) is 11.8 Å².